The summed E-state index contributed by atoms with van der Waals surface area (Å²) in [6.07, 6.45) is 1.59. The Morgan fingerprint density at radius 3 is 2.41 bits per heavy atom. The van der Waals surface area contributed by atoms with Gasteiger partial charge >= 0.3 is 0 Å². The number of nitrogens with one attached hydrogen (secondary N) is 2. The van der Waals surface area contributed by atoms with Crippen LogP contribution in [0.4, 0.5) is 23.0 Å². The van der Waals surface area contributed by atoms with Crippen molar-refractivity contribution in [1.29, 1.82) is 0 Å². The second-order valence-electron chi connectivity index (χ2n) is 7.48. The zero-order valence-electron chi connectivity index (χ0n) is 17.5. The minimum atomic E-state index is -0.276. The molecule has 2 N–H and O–H groups in total. The van der Waals surface area contributed by atoms with Crippen molar-refractivity contribution in [3.05, 3.63) is 71.5 Å². The van der Waals surface area contributed by atoms with Crippen LogP contribution in [0, 0.1) is 6.92 Å². The number of hydrogen-bond acceptors (Lipinski definition) is 5. The van der Waals surface area contributed by atoms with Crippen LogP contribution in [0.3, 0.4) is 0 Å². The Hall–Kier alpha value is -3.41. The Kier molecular flexibility index (Phi) is 6.12. The average Bonchev–Trinajstić information content (AvgIpc) is 2.70. The van der Waals surface area contributed by atoms with E-state index in [4.69, 9.17) is 0 Å². The summed E-state index contributed by atoms with van der Waals surface area (Å²) in [5.41, 5.74) is 5.36. The van der Waals surface area contributed by atoms with E-state index in [1.54, 1.807) is 12.3 Å². The van der Waals surface area contributed by atoms with Gasteiger partial charge in [0.25, 0.3) is 5.91 Å². The van der Waals surface area contributed by atoms with Crippen LogP contribution in [-0.4, -0.2) is 30.0 Å². The van der Waals surface area contributed by atoms with Gasteiger partial charge in [-0.2, -0.15) is 0 Å². The molecule has 3 aromatic rings. The quantitative estimate of drug-likeness (QED) is 0.623. The number of rotatable bonds is 6. The molecule has 2 aromatic carbocycles. The third kappa shape index (κ3) is 4.90. The zero-order chi connectivity index (χ0) is 21.0. The van der Waals surface area contributed by atoms with E-state index in [-0.39, 0.29) is 5.91 Å². The van der Waals surface area contributed by atoms with Crippen molar-refractivity contribution in [3.63, 3.8) is 0 Å². The molecule has 0 aliphatic heterocycles. The van der Waals surface area contributed by atoms with Crippen LogP contribution in [0.2, 0.25) is 0 Å². The number of carbonyl (C=O) groups is 1. The fraction of sp³-hybridized carbons (Fsp3) is 0.261. The lowest BCUT2D eigenvalue weighted by Gasteiger charge is -2.16. The summed E-state index contributed by atoms with van der Waals surface area (Å²) in [7, 11) is 3.95. The van der Waals surface area contributed by atoms with Gasteiger partial charge < -0.3 is 15.5 Å². The molecule has 0 fully saturated rings. The normalized spacial score (nSPS) is 10.7. The smallest absolute Gasteiger partial charge is 0.274 e. The van der Waals surface area contributed by atoms with Gasteiger partial charge in [0, 0.05) is 37.4 Å². The van der Waals surface area contributed by atoms with Gasteiger partial charge in [0.15, 0.2) is 0 Å². The van der Waals surface area contributed by atoms with Gasteiger partial charge in [0.05, 0.1) is 0 Å². The van der Waals surface area contributed by atoms with Crippen molar-refractivity contribution in [1.82, 2.24) is 9.97 Å². The predicted octanol–water partition coefficient (Wildman–Crippen LogP) is 4.97. The second kappa shape index (κ2) is 8.73. The van der Waals surface area contributed by atoms with Crippen LogP contribution in [0.25, 0.3) is 0 Å². The largest absolute Gasteiger partial charge is 0.378 e. The first-order valence-corrected chi connectivity index (χ1v) is 9.63. The molecule has 0 unspecified atom stereocenters. The SMILES string of the molecule is Cc1cccc(C(C)C)c1Nc1nccc(C(=O)Nc2ccc(N(C)C)cc2)n1. The third-order valence-corrected chi connectivity index (χ3v) is 4.69. The maximum atomic E-state index is 12.6. The first kappa shape index (κ1) is 20.3. The Morgan fingerprint density at radius 1 is 1.03 bits per heavy atom. The Balaban J connectivity index is 1.78. The minimum absolute atomic E-state index is 0.276. The number of anilines is 4. The fourth-order valence-electron chi connectivity index (χ4n) is 3.04. The van der Waals surface area contributed by atoms with Gasteiger partial charge in [-0.25, -0.2) is 9.97 Å². The number of aryl methyl sites for hydroxylation is 1. The molecule has 0 aliphatic rings. The summed E-state index contributed by atoms with van der Waals surface area (Å²) in [6.45, 7) is 6.33. The van der Waals surface area contributed by atoms with Crippen LogP contribution >= 0.6 is 0 Å². The fourth-order valence-corrected chi connectivity index (χ4v) is 3.04. The van der Waals surface area contributed by atoms with Gasteiger partial charge in [0.2, 0.25) is 5.95 Å². The molecule has 3 rings (SSSR count). The number of para-hydroxylation sites is 1. The van der Waals surface area contributed by atoms with Crippen LogP contribution in [0.5, 0.6) is 0 Å². The topological polar surface area (TPSA) is 70.2 Å². The van der Waals surface area contributed by atoms with Gasteiger partial charge in [-0.05, 0) is 54.3 Å². The lowest BCUT2D eigenvalue weighted by atomic mass is 9.98. The lowest BCUT2D eigenvalue weighted by Crippen LogP contribution is -2.15. The molecular weight excluding hydrogens is 362 g/mol. The number of amides is 1. The van der Waals surface area contributed by atoms with E-state index in [0.717, 1.165) is 22.6 Å². The van der Waals surface area contributed by atoms with E-state index >= 15 is 0 Å². The summed E-state index contributed by atoms with van der Waals surface area (Å²) < 4.78 is 0. The van der Waals surface area contributed by atoms with Crippen molar-refractivity contribution in [2.24, 2.45) is 0 Å². The molecule has 0 spiro atoms. The summed E-state index contributed by atoms with van der Waals surface area (Å²) in [6, 6.07) is 15.4. The first-order valence-electron chi connectivity index (χ1n) is 9.63. The monoisotopic (exact) mass is 389 g/mol. The minimum Gasteiger partial charge on any atom is -0.378 e. The highest BCUT2D eigenvalue weighted by atomic mass is 16.1. The van der Waals surface area contributed by atoms with Crippen LogP contribution < -0.4 is 15.5 Å². The highest BCUT2D eigenvalue weighted by Gasteiger charge is 2.13. The van der Waals surface area contributed by atoms with Crippen molar-refractivity contribution < 1.29 is 4.79 Å². The Labute approximate surface area is 172 Å². The maximum Gasteiger partial charge on any atom is 0.274 e. The zero-order valence-corrected chi connectivity index (χ0v) is 17.5. The molecule has 29 heavy (non-hydrogen) atoms. The number of nitrogens with zero attached hydrogens (tertiary/aromatic N) is 3. The van der Waals surface area contributed by atoms with Crippen LogP contribution in [-0.2, 0) is 0 Å². The molecule has 0 atom stereocenters. The summed E-state index contributed by atoms with van der Waals surface area (Å²) in [4.78, 5) is 23.3. The Bertz CT molecular complexity index is 996. The van der Waals surface area contributed by atoms with E-state index < -0.39 is 0 Å². The molecule has 150 valence electrons. The number of aromatic nitrogens is 2. The van der Waals surface area contributed by atoms with Crippen LogP contribution in [0.1, 0.15) is 41.4 Å². The number of carbonyl (C=O) groups excluding carboxylic acids is 1. The molecule has 6 nitrogen and oxygen atoms in total. The maximum absolute atomic E-state index is 12.6. The molecule has 1 aromatic heterocycles. The number of hydrogen-bond donors (Lipinski definition) is 2. The third-order valence-electron chi connectivity index (χ3n) is 4.69. The van der Waals surface area contributed by atoms with Crippen molar-refractivity contribution in [2.45, 2.75) is 26.7 Å². The van der Waals surface area contributed by atoms with Crippen LogP contribution in [0.15, 0.2) is 54.7 Å². The number of benzene rings is 2. The molecule has 1 heterocycles. The predicted molar refractivity (Wildman–Crippen MR) is 119 cm³/mol. The Morgan fingerprint density at radius 2 is 1.76 bits per heavy atom. The van der Waals surface area contributed by atoms with Crippen molar-refractivity contribution in [2.75, 3.05) is 29.6 Å². The highest BCUT2D eigenvalue weighted by Crippen LogP contribution is 2.29. The molecule has 1 amide bonds. The van der Waals surface area contributed by atoms with Gasteiger partial charge in [0.1, 0.15) is 5.69 Å². The standard InChI is InChI=1S/C23H27N5O/c1-15(2)19-8-6-7-16(3)21(19)27-23-24-14-13-20(26-23)22(29)25-17-9-11-18(12-10-17)28(4)5/h6-15H,1-5H3,(H,25,29)(H,24,26,27). The first-order chi connectivity index (χ1) is 13.8. The average molecular weight is 390 g/mol. The molecular formula is C23H27N5O. The van der Waals surface area contributed by atoms with Gasteiger partial charge in [-0.15, -0.1) is 0 Å². The van der Waals surface area contributed by atoms with Crippen molar-refractivity contribution >= 4 is 28.9 Å². The lowest BCUT2D eigenvalue weighted by molar-refractivity contribution is 0.102. The molecule has 0 saturated carbocycles. The van der Waals surface area contributed by atoms with E-state index in [1.807, 2.05) is 62.3 Å². The van der Waals surface area contributed by atoms with Gasteiger partial charge in [-0.3, -0.25) is 4.79 Å². The molecule has 0 bridgehead atoms. The summed E-state index contributed by atoms with van der Waals surface area (Å²) in [5, 5.41) is 6.17. The van der Waals surface area contributed by atoms with Crippen molar-refractivity contribution in [3.8, 4) is 0 Å². The molecule has 0 radical (unpaired) electrons. The summed E-state index contributed by atoms with van der Waals surface area (Å²) >= 11 is 0. The van der Waals surface area contributed by atoms with E-state index in [1.165, 1.54) is 5.56 Å². The molecule has 6 heteroatoms. The second-order valence-corrected chi connectivity index (χ2v) is 7.48. The van der Waals surface area contributed by atoms with E-state index in [0.29, 0.717) is 17.6 Å². The van der Waals surface area contributed by atoms with E-state index in [2.05, 4.69) is 40.5 Å². The molecule has 0 aliphatic carbocycles. The van der Waals surface area contributed by atoms with Gasteiger partial charge in [-0.1, -0.05) is 32.0 Å². The van der Waals surface area contributed by atoms with E-state index in [9.17, 15) is 4.79 Å². The summed E-state index contributed by atoms with van der Waals surface area (Å²) in [5.74, 6) is 0.479. The highest BCUT2D eigenvalue weighted by molar-refractivity contribution is 6.03. The molecule has 0 saturated heterocycles.